The molecule has 1 aliphatic heterocycles. The van der Waals surface area contributed by atoms with Gasteiger partial charge in [-0.3, -0.25) is 4.79 Å². The lowest BCUT2D eigenvalue weighted by Gasteiger charge is -2.38. The molecule has 0 saturated carbocycles. The highest BCUT2D eigenvalue weighted by atomic mass is 16.4. The van der Waals surface area contributed by atoms with E-state index in [2.05, 4.69) is 22.3 Å². The lowest BCUT2D eigenvalue weighted by molar-refractivity contribution is -0.137. The Hall–Kier alpha value is -1.43. The number of hydrogen-bond acceptors (Lipinski definition) is 4. The summed E-state index contributed by atoms with van der Waals surface area (Å²) in [6.45, 7) is 4.35. The molecular formula is C17H27N3O2. The van der Waals surface area contributed by atoms with Gasteiger partial charge in [-0.1, -0.05) is 30.3 Å². The van der Waals surface area contributed by atoms with Gasteiger partial charge in [0, 0.05) is 45.2 Å². The monoisotopic (exact) mass is 305 g/mol. The normalized spacial score (nSPS) is 22.6. The molecule has 1 heterocycles. The third-order valence-electron chi connectivity index (χ3n) is 4.26. The number of aliphatic carboxylic acids is 1. The number of benzene rings is 1. The lowest BCUT2D eigenvalue weighted by atomic mass is 9.90. The number of carboxylic acids is 1. The van der Waals surface area contributed by atoms with Gasteiger partial charge in [0.1, 0.15) is 0 Å². The van der Waals surface area contributed by atoms with Gasteiger partial charge in [0.25, 0.3) is 0 Å². The van der Waals surface area contributed by atoms with Crippen LogP contribution in [0.1, 0.15) is 24.8 Å². The average molecular weight is 305 g/mol. The van der Waals surface area contributed by atoms with Gasteiger partial charge in [0.05, 0.1) is 0 Å². The summed E-state index contributed by atoms with van der Waals surface area (Å²) in [5.41, 5.74) is 6.96. The smallest absolute Gasteiger partial charge is 0.303 e. The Balaban J connectivity index is 1.86. The predicted molar refractivity (Wildman–Crippen MR) is 87.5 cm³/mol. The van der Waals surface area contributed by atoms with E-state index < -0.39 is 5.97 Å². The van der Waals surface area contributed by atoms with E-state index in [4.69, 9.17) is 10.8 Å². The van der Waals surface area contributed by atoms with E-state index >= 15 is 0 Å². The highest BCUT2D eigenvalue weighted by Crippen LogP contribution is 2.21. The number of nitrogens with zero attached hydrogens (tertiary/aromatic N) is 1. The molecule has 5 heteroatoms. The summed E-state index contributed by atoms with van der Waals surface area (Å²) in [6, 6.07) is 10.8. The third-order valence-corrected chi connectivity index (χ3v) is 4.26. The number of nitrogens with two attached hydrogens (primary N) is 1. The molecule has 1 aromatic carbocycles. The SMILES string of the molecule is NCCN1CC(CCC(=O)O)CC(NCc2ccccc2)C1. The molecule has 1 saturated heterocycles. The van der Waals surface area contributed by atoms with Gasteiger partial charge in [-0.25, -0.2) is 0 Å². The van der Waals surface area contributed by atoms with E-state index in [0.29, 0.717) is 18.5 Å². The molecule has 2 atom stereocenters. The van der Waals surface area contributed by atoms with Crippen molar-refractivity contribution in [3.8, 4) is 0 Å². The zero-order valence-electron chi connectivity index (χ0n) is 13.1. The maximum Gasteiger partial charge on any atom is 0.303 e. The van der Waals surface area contributed by atoms with Crippen LogP contribution < -0.4 is 11.1 Å². The summed E-state index contributed by atoms with van der Waals surface area (Å²) in [5.74, 6) is -0.269. The van der Waals surface area contributed by atoms with E-state index in [1.807, 2.05) is 18.2 Å². The largest absolute Gasteiger partial charge is 0.481 e. The van der Waals surface area contributed by atoms with Crippen LogP contribution in [-0.4, -0.2) is 48.2 Å². The van der Waals surface area contributed by atoms with Crippen molar-refractivity contribution in [3.63, 3.8) is 0 Å². The molecule has 0 aliphatic carbocycles. The molecule has 2 unspecified atom stereocenters. The van der Waals surface area contributed by atoms with Crippen molar-refractivity contribution in [1.82, 2.24) is 10.2 Å². The van der Waals surface area contributed by atoms with E-state index in [9.17, 15) is 4.79 Å². The van der Waals surface area contributed by atoms with E-state index in [-0.39, 0.29) is 6.42 Å². The van der Waals surface area contributed by atoms with E-state index in [1.54, 1.807) is 0 Å². The van der Waals surface area contributed by atoms with Crippen LogP contribution in [0.25, 0.3) is 0 Å². The fourth-order valence-corrected chi connectivity index (χ4v) is 3.21. The predicted octanol–water partition coefficient (Wildman–Crippen LogP) is 1.29. The quantitative estimate of drug-likeness (QED) is 0.674. The number of carbonyl (C=O) groups is 1. The molecule has 1 aliphatic rings. The van der Waals surface area contributed by atoms with Gasteiger partial charge < -0.3 is 21.1 Å². The topological polar surface area (TPSA) is 78.6 Å². The molecule has 0 spiro atoms. The third kappa shape index (κ3) is 5.75. The summed E-state index contributed by atoms with van der Waals surface area (Å²) in [5, 5.41) is 12.5. The van der Waals surface area contributed by atoms with Crippen molar-refractivity contribution in [1.29, 1.82) is 0 Å². The molecule has 0 aromatic heterocycles. The standard InChI is InChI=1S/C17H27N3O2/c18-8-9-20-12-15(6-7-17(21)22)10-16(13-20)19-11-14-4-2-1-3-5-14/h1-5,15-16,19H,6-13,18H2,(H,21,22). The Labute approximate surface area is 132 Å². The zero-order valence-corrected chi connectivity index (χ0v) is 13.1. The second kappa shape index (κ2) is 8.88. The van der Waals surface area contributed by atoms with Crippen LogP contribution in [0.2, 0.25) is 0 Å². The van der Waals surface area contributed by atoms with E-state index in [1.165, 1.54) is 5.56 Å². The molecule has 2 rings (SSSR count). The molecule has 5 nitrogen and oxygen atoms in total. The molecule has 0 amide bonds. The second-order valence-electron chi connectivity index (χ2n) is 6.15. The van der Waals surface area contributed by atoms with Crippen molar-refractivity contribution in [3.05, 3.63) is 35.9 Å². The number of hydrogen-bond donors (Lipinski definition) is 3. The van der Waals surface area contributed by atoms with Crippen LogP contribution in [0, 0.1) is 5.92 Å². The van der Waals surface area contributed by atoms with Gasteiger partial charge in [0.2, 0.25) is 0 Å². The number of carboxylic acid groups (broad SMARTS) is 1. The van der Waals surface area contributed by atoms with Crippen molar-refractivity contribution >= 4 is 5.97 Å². The fourth-order valence-electron chi connectivity index (χ4n) is 3.21. The molecular weight excluding hydrogens is 278 g/mol. The zero-order chi connectivity index (χ0) is 15.8. The number of nitrogens with one attached hydrogen (secondary N) is 1. The summed E-state index contributed by atoms with van der Waals surface area (Å²) in [4.78, 5) is 13.2. The summed E-state index contributed by atoms with van der Waals surface area (Å²) in [7, 11) is 0. The van der Waals surface area contributed by atoms with Gasteiger partial charge in [-0.2, -0.15) is 0 Å². The molecule has 1 fully saturated rings. The Morgan fingerprint density at radius 2 is 2.09 bits per heavy atom. The van der Waals surface area contributed by atoms with Gasteiger partial charge in [-0.05, 0) is 24.3 Å². The summed E-state index contributed by atoms with van der Waals surface area (Å²) >= 11 is 0. The van der Waals surface area contributed by atoms with Crippen LogP contribution in [0.15, 0.2) is 30.3 Å². The molecule has 122 valence electrons. The van der Waals surface area contributed by atoms with E-state index in [0.717, 1.165) is 39.0 Å². The van der Waals surface area contributed by atoms with Gasteiger partial charge in [-0.15, -0.1) is 0 Å². The summed E-state index contributed by atoms with van der Waals surface area (Å²) in [6.07, 6.45) is 2.05. The van der Waals surface area contributed by atoms with Crippen LogP contribution in [0.4, 0.5) is 0 Å². The lowest BCUT2D eigenvalue weighted by Crippen LogP contribution is -2.50. The Morgan fingerprint density at radius 3 is 2.77 bits per heavy atom. The molecule has 0 radical (unpaired) electrons. The molecule has 0 bridgehead atoms. The maximum atomic E-state index is 10.8. The summed E-state index contributed by atoms with van der Waals surface area (Å²) < 4.78 is 0. The van der Waals surface area contributed by atoms with Crippen LogP contribution in [0.5, 0.6) is 0 Å². The van der Waals surface area contributed by atoms with Gasteiger partial charge >= 0.3 is 5.97 Å². The van der Waals surface area contributed by atoms with Crippen molar-refractivity contribution in [2.24, 2.45) is 11.7 Å². The van der Waals surface area contributed by atoms with Gasteiger partial charge in [0.15, 0.2) is 0 Å². The Bertz CT molecular complexity index is 452. The first-order valence-electron chi connectivity index (χ1n) is 8.09. The van der Waals surface area contributed by atoms with Crippen molar-refractivity contribution in [2.75, 3.05) is 26.2 Å². The van der Waals surface area contributed by atoms with Crippen molar-refractivity contribution < 1.29 is 9.90 Å². The number of likely N-dealkylation sites (tertiary alicyclic amines) is 1. The highest BCUT2D eigenvalue weighted by molar-refractivity contribution is 5.66. The minimum atomic E-state index is -0.704. The van der Waals surface area contributed by atoms with Crippen LogP contribution in [0.3, 0.4) is 0 Å². The fraction of sp³-hybridized carbons (Fsp3) is 0.588. The Kier molecular flexibility index (Phi) is 6.83. The maximum absolute atomic E-state index is 10.8. The first kappa shape index (κ1) is 16.9. The molecule has 22 heavy (non-hydrogen) atoms. The minimum absolute atomic E-state index is 0.256. The van der Waals surface area contributed by atoms with Crippen molar-refractivity contribution in [2.45, 2.75) is 31.8 Å². The number of piperidine rings is 1. The first-order chi connectivity index (χ1) is 10.7. The Morgan fingerprint density at radius 1 is 1.32 bits per heavy atom. The second-order valence-corrected chi connectivity index (χ2v) is 6.15. The van der Waals surface area contributed by atoms with Crippen LogP contribution >= 0.6 is 0 Å². The highest BCUT2D eigenvalue weighted by Gasteiger charge is 2.26. The average Bonchev–Trinajstić information content (AvgIpc) is 2.52. The molecule has 1 aromatic rings. The first-order valence-corrected chi connectivity index (χ1v) is 8.09. The minimum Gasteiger partial charge on any atom is -0.481 e. The molecule has 4 N–H and O–H groups in total. The van der Waals surface area contributed by atoms with Crippen LogP contribution in [-0.2, 0) is 11.3 Å². The number of rotatable bonds is 8.